The molecular formula is C21H14BrClN2O2. The van der Waals surface area contributed by atoms with Gasteiger partial charge in [-0.25, -0.2) is 4.98 Å². The van der Waals surface area contributed by atoms with Crippen molar-refractivity contribution in [2.75, 3.05) is 5.32 Å². The second-order valence-electron chi connectivity index (χ2n) is 6.12. The van der Waals surface area contributed by atoms with Crippen molar-refractivity contribution in [2.24, 2.45) is 0 Å². The van der Waals surface area contributed by atoms with Crippen LogP contribution in [0.2, 0.25) is 5.02 Å². The van der Waals surface area contributed by atoms with Crippen molar-refractivity contribution in [3.63, 3.8) is 0 Å². The van der Waals surface area contributed by atoms with Crippen molar-refractivity contribution in [3.8, 4) is 11.5 Å². The van der Waals surface area contributed by atoms with Gasteiger partial charge in [0.05, 0.1) is 16.3 Å². The van der Waals surface area contributed by atoms with Gasteiger partial charge in [-0.1, -0.05) is 29.8 Å². The normalized spacial score (nSPS) is 10.9. The van der Waals surface area contributed by atoms with E-state index in [4.69, 9.17) is 16.0 Å². The van der Waals surface area contributed by atoms with E-state index in [2.05, 4.69) is 26.2 Å². The first kappa shape index (κ1) is 17.8. The van der Waals surface area contributed by atoms with Crippen molar-refractivity contribution in [1.82, 2.24) is 4.98 Å². The Kier molecular flexibility index (Phi) is 4.72. The Morgan fingerprint density at radius 1 is 1.11 bits per heavy atom. The van der Waals surface area contributed by atoms with Gasteiger partial charge in [-0.3, -0.25) is 4.79 Å². The fraction of sp³-hybridized carbons (Fsp3) is 0.0476. The number of oxazole rings is 1. The molecule has 0 fully saturated rings. The van der Waals surface area contributed by atoms with Gasteiger partial charge >= 0.3 is 0 Å². The molecule has 4 nitrogen and oxygen atoms in total. The number of fused-ring (bicyclic) bond motifs is 1. The van der Waals surface area contributed by atoms with Gasteiger partial charge < -0.3 is 9.73 Å². The first-order valence-corrected chi connectivity index (χ1v) is 9.41. The molecule has 6 heteroatoms. The molecule has 0 aliphatic heterocycles. The van der Waals surface area contributed by atoms with Gasteiger partial charge in [-0.15, -0.1) is 0 Å². The predicted octanol–water partition coefficient (Wildman–Crippen LogP) is 6.47. The van der Waals surface area contributed by atoms with E-state index in [1.54, 1.807) is 24.3 Å². The van der Waals surface area contributed by atoms with Crippen LogP contribution in [0.3, 0.4) is 0 Å². The second kappa shape index (κ2) is 7.18. The number of hydrogen-bond acceptors (Lipinski definition) is 3. The first-order chi connectivity index (χ1) is 13.0. The molecular weight excluding hydrogens is 428 g/mol. The number of nitrogens with one attached hydrogen (secondary N) is 1. The molecule has 0 saturated carbocycles. The number of rotatable bonds is 3. The molecule has 1 heterocycles. The molecule has 4 aromatic rings. The number of aryl methyl sites for hydroxylation is 1. The third-order valence-electron chi connectivity index (χ3n) is 4.12. The average molecular weight is 442 g/mol. The van der Waals surface area contributed by atoms with Gasteiger partial charge in [0, 0.05) is 10.0 Å². The van der Waals surface area contributed by atoms with Crippen LogP contribution in [-0.2, 0) is 0 Å². The van der Waals surface area contributed by atoms with E-state index in [0.717, 1.165) is 26.7 Å². The largest absolute Gasteiger partial charge is 0.436 e. The number of anilines is 1. The van der Waals surface area contributed by atoms with Crippen molar-refractivity contribution < 1.29 is 9.21 Å². The summed E-state index contributed by atoms with van der Waals surface area (Å²) in [4.78, 5) is 17.1. The zero-order valence-electron chi connectivity index (χ0n) is 14.3. The number of amides is 1. The fourth-order valence-corrected chi connectivity index (χ4v) is 3.31. The van der Waals surface area contributed by atoms with Gasteiger partial charge in [0.25, 0.3) is 5.91 Å². The molecule has 0 spiro atoms. The van der Waals surface area contributed by atoms with Crippen LogP contribution in [0.15, 0.2) is 69.6 Å². The molecule has 0 saturated heterocycles. The predicted molar refractivity (Wildman–Crippen MR) is 111 cm³/mol. The minimum absolute atomic E-state index is 0.286. The summed E-state index contributed by atoms with van der Waals surface area (Å²) < 4.78 is 6.63. The third kappa shape index (κ3) is 3.61. The molecule has 1 N–H and O–H groups in total. The number of hydrogen-bond donors (Lipinski definition) is 1. The Bertz CT molecular complexity index is 1170. The smallest absolute Gasteiger partial charge is 0.257 e. The highest BCUT2D eigenvalue weighted by molar-refractivity contribution is 9.10. The van der Waals surface area contributed by atoms with E-state index in [-0.39, 0.29) is 5.91 Å². The molecule has 134 valence electrons. The minimum atomic E-state index is -0.286. The number of carbonyl (C=O) groups is 1. The second-order valence-corrected chi connectivity index (χ2v) is 7.38. The topological polar surface area (TPSA) is 55.1 Å². The van der Waals surface area contributed by atoms with Crippen molar-refractivity contribution in [1.29, 1.82) is 0 Å². The Morgan fingerprint density at radius 3 is 2.74 bits per heavy atom. The summed E-state index contributed by atoms with van der Waals surface area (Å²) in [5, 5.41) is 3.28. The van der Waals surface area contributed by atoms with Crippen LogP contribution in [-0.4, -0.2) is 10.9 Å². The van der Waals surface area contributed by atoms with E-state index in [0.29, 0.717) is 22.2 Å². The molecule has 0 radical (unpaired) electrons. The number of carbonyl (C=O) groups excluding carboxylic acids is 1. The van der Waals surface area contributed by atoms with E-state index >= 15 is 0 Å². The summed E-state index contributed by atoms with van der Waals surface area (Å²) in [6.07, 6.45) is 0. The van der Waals surface area contributed by atoms with E-state index < -0.39 is 0 Å². The Labute approximate surface area is 169 Å². The highest BCUT2D eigenvalue weighted by Crippen LogP contribution is 2.31. The lowest BCUT2D eigenvalue weighted by atomic mass is 10.1. The van der Waals surface area contributed by atoms with E-state index in [1.165, 1.54) is 0 Å². The SMILES string of the molecule is Cc1ccc2nc(-c3ccc(Br)c(NC(=O)c4ccccc4Cl)c3)oc2c1. The van der Waals surface area contributed by atoms with Crippen molar-refractivity contribution in [3.05, 3.63) is 81.3 Å². The van der Waals surface area contributed by atoms with Gasteiger partial charge in [0.1, 0.15) is 5.52 Å². The lowest BCUT2D eigenvalue weighted by molar-refractivity contribution is 0.102. The summed E-state index contributed by atoms with van der Waals surface area (Å²) in [7, 11) is 0. The average Bonchev–Trinajstić information content (AvgIpc) is 3.07. The van der Waals surface area contributed by atoms with Gasteiger partial charge in [-0.2, -0.15) is 0 Å². The molecule has 4 rings (SSSR count). The number of nitrogens with zero attached hydrogens (tertiary/aromatic N) is 1. The maximum atomic E-state index is 12.6. The van der Waals surface area contributed by atoms with Crippen LogP contribution in [0.5, 0.6) is 0 Å². The Morgan fingerprint density at radius 2 is 1.93 bits per heavy atom. The summed E-state index contributed by atoms with van der Waals surface area (Å²) in [5.74, 6) is 0.211. The zero-order valence-corrected chi connectivity index (χ0v) is 16.6. The summed E-state index contributed by atoms with van der Waals surface area (Å²) >= 11 is 9.58. The monoisotopic (exact) mass is 440 g/mol. The molecule has 0 aliphatic carbocycles. The molecule has 0 unspecified atom stereocenters. The van der Waals surface area contributed by atoms with Crippen LogP contribution in [0.1, 0.15) is 15.9 Å². The van der Waals surface area contributed by atoms with E-state index in [1.807, 2.05) is 43.3 Å². The Hall–Kier alpha value is -2.63. The lowest BCUT2D eigenvalue weighted by Gasteiger charge is -2.09. The number of halogens is 2. The maximum absolute atomic E-state index is 12.6. The van der Waals surface area contributed by atoms with Gasteiger partial charge in [-0.05, 0) is 70.9 Å². The molecule has 0 bridgehead atoms. The van der Waals surface area contributed by atoms with E-state index in [9.17, 15) is 4.79 Å². The lowest BCUT2D eigenvalue weighted by Crippen LogP contribution is -2.12. The highest BCUT2D eigenvalue weighted by atomic mass is 79.9. The Balaban J connectivity index is 1.68. The molecule has 0 atom stereocenters. The summed E-state index contributed by atoms with van der Waals surface area (Å²) in [6.45, 7) is 2.00. The van der Waals surface area contributed by atoms with Gasteiger partial charge in [0.2, 0.25) is 5.89 Å². The van der Waals surface area contributed by atoms with Crippen LogP contribution in [0, 0.1) is 6.92 Å². The minimum Gasteiger partial charge on any atom is -0.436 e. The first-order valence-electron chi connectivity index (χ1n) is 8.24. The highest BCUT2D eigenvalue weighted by Gasteiger charge is 2.14. The number of aromatic nitrogens is 1. The van der Waals surface area contributed by atoms with Gasteiger partial charge in [0.15, 0.2) is 5.58 Å². The molecule has 1 amide bonds. The molecule has 1 aromatic heterocycles. The summed E-state index contributed by atoms with van der Waals surface area (Å²) in [6, 6.07) is 18.3. The van der Waals surface area contributed by atoms with Crippen LogP contribution < -0.4 is 5.32 Å². The summed E-state index contributed by atoms with van der Waals surface area (Å²) in [5.41, 5.74) is 4.41. The maximum Gasteiger partial charge on any atom is 0.257 e. The fourth-order valence-electron chi connectivity index (χ4n) is 2.74. The van der Waals surface area contributed by atoms with Crippen LogP contribution >= 0.6 is 27.5 Å². The molecule has 27 heavy (non-hydrogen) atoms. The molecule has 3 aromatic carbocycles. The number of benzene rings is 3. The third-order valence-corrected chi connectivity index (χ3v) is 5.15. The zero-order chi connectivity index (χ0) is 19.0. The van der Waals surface area contributed by atoms with Crippen LogP contribution in [0.25, 0.3) is 22.6 Å². The van der Waals surface area contributed by atoms with Crippen LogP contribution in [0.4, 0.5) is 5.69 Å². The van der Waals surface area contributed by atoms with Crippen molar-refractivity contribution >= 4 is 50.2 Å². The quantitative estimate of drug-likeness (QED) is 0.396. The molecule has 0 aliphatic rings. The van der Waals surface area contributed by atoms with Crippen molar-refractivity contribution in [2.45, 2.75) is 6.92 Å². The standard InChI is InChI=1S/C21H14BrClN2O2/c1-12-6-9-17-19(10-12)27-21(25-17)13-7-8-15(22)18(11-13)24-20(26)14-4-2-3-5-16(14)23/h2-11H,1H3,(H,24,26).